The molecule has 0 spiro atoms. The molecule has 0 radical (unpaired) electrons. The van der Waals surface area contributed by atoms with Crippen LogP contribution in [0.5, 0.6) is 0 Å². The summed E-state index contributed by atoms with van der Waals surface area (Å²) in [6.07, 6.45) is 1.00. The maximum absolute atomic E-state index is 12.6. The predicted octanol–water partition coefficient (Wildman–Crippen LogP) is 2.36. The van der Waals surface area contributed by atoms with Gasteiger partial charge in [-0.1, -0.05) is 38.1 Å². The van der Waals surface area contributed by atoms with Gasteiger partial charge in [0.15, 0.2) is 0 Å². The number of rotatable bonds is 5. The van der Waals surface area contributed by atoms with E-state index in [1.165, 1.54) is 11.1 Å². The van der Waals surface area contributed by atoms with Crippen molar-refractivity contribution in [1.82, 2.24) is 14.8 Å². The van der Waals surface area contributed by atoms with E-state index in [0.717, 1.165) is 18.8 Å². The van der Waals surface area contributed by atoms with Gasteiger partial charge in [0.1, 0.15) is 5.56 Å². The number of H-pyrrole nitrogens is 1. The number of nitro groups is 1. The van der Waals surface area contributed by atoms with Gasteiger partial charge in [-0.05, 0) is 17.0 Å². The summed E-state index contributed by atoms with van der Waals surface area (Å²) in [5, 5.41) is 10.9. The normalized spacial score (nSPS) is 15.0. The molecule has 0 bridgehead atoms. The molecular weight excluding hydrogens is 360 g/mol. The first-order chi connectivity index (χ1) is 13.3. The third-order valence-electron chi connectivity index (χ3n) is 5.04. The molecule has 1 N–H and O–H groups in total. The molecule has 8 heteroatoms. The van der Waals surface area contributed by atoms with Crippen LogP contribution in [0.1, 0.15) is 41.3 Å². The van der Waals surface area contributed by atoms with Crippen molar-refractivity contribution in [3.05, 3.63) is 73.7 Å². The Morgan fingerprint density at radius 3 is 2.39 bits per heavy atom. The van der Waals surface area contributed by atoms with E-state index in [9.17, 15) is 19.7 Å². The fraction of sp³-hybridized carbons (Fsp3) is 0.400. The first-order valence-electron chi connectivity index (χ1n) is 9.32. The van der Waals surface area contributed by atoms with Crippen molar-refractivity contribution in [3.8, 4) is 0 Å². The van der Waals surface area contributed by atoms with Gasteiger partial charge in [-0.15, -0.1) is 0 Å². The summed E-state index contributed by atoms with van der Waals surface area (Å²) in [7, 11) is 0. The van der Waals surface area contributed by atoms with E-state index in [-0.39, 0.29) is 11.3 Å². The highest BCUT2D eigenvalue weighted by Gasteiger charge is 2.25. The fourth-order valence-corrected chi connectivity index (χ4v) is 3.28. The smallest absolute Gasteiger partial charge is 0.286 e. The lowest BCUT2D eigenvalue weighted by Crippen LogP contribution is -2.49. The zero-order chi connectivity index (χ0) is 20.3. The highest BCUT2D eigenvalue weighted by molar-refractivity contribution is 5.94. The van der Waals surface area contributed by atoms with Gasteiger partial charge < -0.3 is 9.88 Å². The van der Waals surface area contributed by atoms with Crippen LogP contribution in [0.25, 0.3) is 0 Å². The molecular formula is C20H24N4O4. The maximum Gasteiger partial charge on any atom is 0.286 e. The lowest BCUT2D eigenvalue weighted by molar-refractivity contribution is -0.385. The predicted molar refractivity (Wildman–Crippen MR) is 105 cm³/mol. The molecule has 3 rings (SSSR count). The highest BCUT2D eigenvalue weighted by Crippen LogP contribution is 2.17. The van der Waals surface area contributed by atoms with Gasteiger partial charge in [-0.2, -0.15) is 0 Å². The lowest BCUT2D eigenvalue weighted by atomic mass is 10.0. The van der Waals surface area contributed by atoms with E-state index in [1.807, 2.05) is 0 Å². The highest BCUT2D eigenvalue weighted by atomic mass is 16.6. The van der Waals surface area contributed by atoms with E-state index < -0.39 is 16.4 Å². The second kappa shape index (κ2) is 8.35. The number of hydrogen-bond donors (Lipinski definition) is 1. The van der Waals surface area contributed by atoms with Crippen LogP contribution in [0.15, 0.2) is 41.3 Å². The number of nitrogens with zero attached hydrogens (tertiary/aromatic N) is 3. The fourth-order valence-electron chi connectivity index (χ4n) is 3.28. The molecule has 1 amide bonds. The molecule has 2 aromatic rings. The zero-order valence-electron chi connectivity index (χ0n) is 16.1. The standard InChI is InChI=1S/C20H24N4O4/c1-14(2)16-5-3-15(4-6-16)13-22-7-9-23(10-8-22)20(26)18-11-17(24(27)28)12-21-19(18)25/h3-6,11-12,14H,7-10,13H2,1-2H3,(H,21,25). The Morgan fingerprint density at radius 1 is 1.18 bits per heavy atom. The van der Waals surface area contributed by atoms with Gasteiger partial charge in [0.2, 0.25) is 0 Å². The molecule has 1 aliphatic heterocycles. The van der Waals surface area contributed by atoms with Crippen molar-refractivity contribution < 1.29 is 9.72 Å². The van der Waals surface area contributed by atoms with Crippen LogP contribution in [0.4, 0.5) is 5.69 Å². The maximum atomic E-state index is 12.6. The summed E-state index contributed by atoms with van der Waals surface area (Å²) >= 11 is 0. The number of carbonyl (C=O) groups excluding carboxylic acids is 1. The van der Waals surface area contributed by atoms with Gasteiger partial charge in [0, 0.05) is 38.8 Å². The third kappa shape index (κ3) is 4.45. The van der Waals surface area contributed by atoms with Crippen molar-refractivity contribution in [2.24, 2.45) is 0 Å². The summed E-state index contributed by atoms with van der Waals surface area (Å²) < 4.78 is 0. The van der Waals surface area contributed by atoms with Crippen LogP contribution in [0, 0.1) is 10.1 Å². The number of carbonyl (C=O) groups is 1. The second-order valence-electron chi connectivity index (χ2n) is 7.32. The number of nitrogens with one attached hydrogen (secondary N) is 1. The summed E-state index contributed by atoms with van der Waals surface area (Å²) in [5.74, 6) is 0.0338. The SMILES string of the molecule is CC(C)c1ccc(CN2CCN(C(=O)c3cc([N+](=O)[O-])c[nH]c3=O)CC2)cc1. The van der Waals surface area contributed by atoms with Crippen LogP contribution < -0.4 is 5.56 Å². The average molecular weight is 384 g/mol. The second-order valence-corrected chi connectivity index (χ2v) is 7.32. The van der Waals surface area contributed by atoms with Crippen molar-refractivity contribution in [2.45, 2.75) is 26.3 Å². The summed E-state index contributed by atoms with van der Waals surface area (Å²) in [4.78, 5) is 40.9. The number of aromatic amines is 1. The Bertz CT molecular complexity index is 913. The molecule has 1 aromatic heterocycles. The Kier molecular flexibility index (Phi) is 5.89. The molecule has 1 aliphatic rings. The Hall–Kier alpha value is -3.00. The molecule has 1 fully saturated rings. The van der Waals surface area contributed by atoms with Crippen LogP contribution in [0.3, 0.4) is 0 Å². The summed E-state index contributed by atoms with van der Waals surface area (Å²) in [6.45, 7) is 7.46. The van der Waals surface area contributed by atoms with Crippen molar-refractivity contribution in [3.63, 3.8) is 0 Å². The van der Waals surface area contributed by atoms with Crippen LogP contribution in [0.2, 0.25) is 0 Å². The Morgan fingerprint density at radius 2 is 1.82 bits per heavy atom. The van der Waals surface area contributed by atoms with E-state index in [2.05, 4.69) is 48.0 Å². The number of amides is 1. The molecule has 0 aliphatic carbocycles. The van der Waals surface area contributed by atoms with Gasteiger partial charge in [-0.3, -0.25) is 24.6 Å². The molecule has 0 unspecified atom stereocenters. The molecule has 0 saturated carbocycles. The number of piperazine rings is 1. The molecule has 148 valence electrons. The molecule has 8 nitrogen and oxygen atoms in total. The van der Waals surface area contributed by atoms with Crippen LogP contribution in [-0.4, -0.2) is 51.8 Å². The minimum atomic E-state index is -0.630. The summed E-state index contributed by atoms with van der Waals surface area (Å²) in [5.41, 5.74) is 1.43. The summed E-state index contributed by atoms with van der Waals surface area (Å²) in [6, 6.07) is 9.61. The van der Waals surface area contributed by atoms with Gasteiger partial charge >= 0.3 is 0 Å². The Balaban J connectivity index is 1.60. The monoisotopic (exact) mass is 384 g/mol. The Labute approximate surface area is 162 Å². The van der Waals surface area contributed by atoms with Gasteiger partial charge in [0.05, 0.1) is 11.1 Å². The number of hydrogen-bond acceptors (Lipinski definition) is 5. The van der Waals surface area contributed by atoms with E-state index in [0.29, 0.717) is 32.1 Å². The first-order valence-corrected chi connectivity index (χ1v) is 9.32. The van der Waals surface area contributed by atoms with E-state index in [1.54, 1.807) is 4.90 Å². The van der Waals surface area contributed by atoms with E-state index >= 15 is 0 Å². The van der Waals surface area contributed by atoms with Crippen LogP contribution in [-0.2, 0) is 6.54 Å². The van der Waals surface area contributed by atoms with Crippen molar-refractivity contribution in [2.75, 3.05) is 26.2 Å². The molecule has 1 saturated heterocycles. The first kappa shape index (κ1) is 19.8. The van der Waals surface area contributed by atoms with Gasteiger partial charge in [-0.25, -0.2) is 0 Å². The minimum absolute atomic E-state index is 0.188. The third-order valence-corrected chi connectivity index (χ3v) is 5.04. The number of aromatic nitrogens is 1. The molecule has 0 atom stereocenters. The number of benzene rings is 1. The molecule has 2 heterocycles. The average Bonchev–Trinajstić information content (AvgIpc) is 2.68. The van der Waals surface area contributed by atoms with Crippen molar-refractivity contribution >= 4 is 11.6 Å². The largest absolute Gasteiger partial charge is 0.336 e. The molecule has 1 aromatic carbocycles. The lowest BCUT2D eigenvalue weighted by Gasteiger charge is -2.34. The quantitative estimate of drug-likeness (QED) is 0.630. The van der Waals surface area contributed by atoms with Crippen molar-refractivity contribution in [1.29, 1.82) is 0 Å². The molecule has 28 heavy (non-hydrogen) atoms. The number of pyridine rings is 1. The minimum Gasteiger partial charge on any atom is -0.336 e. The van der Waals surface area contributed by atoms with Gasteiger partial charge in [0.25, 0.3) is 17.2 Å². The van der Waals surface area contributed by atoms with Crippen LogP contribution >= 0.6 is 0 Å². The topological polar surface area (TPSA) is 99.5 Å². The zero-order valence-corrected chi connectivity index (χ0v) is 16.1. The van der Waals surface area contributed by atoms with E-state index in [4.69, 9.17) is 0 Å².